The Labute approximate surface area is 87.2 Å². The van der Waals surface area contributed by atoms with E-state index in [0.29, 0.717) is 13.1 Å². The first-order valence-electron chi connectivity index (χ1n) is 2.60. The van der Waals surface area contributed by atoms with Gasteiger partial charge >= 0.3 is 37.4 Å². The van der Waals surface area contributed by atoms with Crippen molar-refractivity contribution in [2.24, 2.45) is 4.99 Å². The van der Waals surface area contributed by atoms with E-state index in [1.54, 1.807) is 0 Å². The average molecular weight is 190 g/mol. The van der Waals surface area contributed by atoms with E-state index in [4.69, 9.17) is 9.79 Å². The first kappa shape index (κ1) is 11.6. The molecule has 0 radical (unpaired) electrons. The molecule has 0 atom stereocenters. The Kier molecular flexibility index (Phi) is 4.81. The number of rotatable bonds is 2. The maximum Gasteiger partial charge on any atom is 1.00 e. The number of hydrogen-bond donors (Lipinski definition) is 2. The van der Waals surface area contributed by atoms with Crippen LogP contribution in [0.1, 0.15) is 1.43 Å². The molecule has 0 fully saturated rings. The molecule has 0 amide bonds. The van der Waals surface area contributed by atoms with Crippen LogP contribution in [0.25, 0.3) is 0 Å². The van der Waals surface area contributed by atoms with Crippen LogP contribution in [0.2, 0.25) is 0 Å². The summed E-state index contributed by atoms with van der Waals surface area (Å²) in [4.78, 5) is 20.2. The second kappa shape index (κ2) is 4.57. The monoisotopic (exact) mass is 190 g/mol. The fraction of sp³-hybridized carbons (Fsp3) is 0.667. The van der Waals surface area contributed by atoms with E-state index in [-0.39, 0.29) is 31.0 Å². The number of nitrogens with zero attached hydrogens (tertiary/aromatic N) is 2. The molecule has 0 aromatic heterocycles. The van der Waals surface area contributed by atoms with E-state index in [9.17, 15) is 4.57 Å². The molecule has 2 N–H and O–H groups in total. The van der Waals surface area contributed by atoms with Crippen molar-refractivity contribution in [3.63, 3.8) is 0 Å². The summed E-state index contributed by atoms with van der Waals surface area (Å²) in [6, 6.07) is 0. The molecule has 0 saturated heterocycles. The Balaban J connectivity index is 0. The minimum absolute atomic E-state index is 0. The predicted octanol–water partition coefficient (Wildman–Crippen LogP) is -3.53. The van der Waals surface area contributed by atoms with Crippen LogP contribution in [-0.2, 0) is 9.19 Å². The van der Waals surface area contributed by atoms with E-state index in [0.717, 1.165) is 5.06 Å². The second-order valence-corrected chi connectivity index (χ2v) is 2.88. The summed E-state index contributed by atoms with van der Waals surface area (Å²) < 4.78 is 14.3. The van der Waals surface area contributed by atoms with E-state index in [1.807, 2.05) is 0 Å². The maximum atomic E-state index is 10.2. The number of aliphatic imine (C=N–C) groups is 1. The molecule has 0 bridgehead atoms. The van der Waals surface area contributed by atoms with Crippen molar-refractivity contribution in [1.82, 2.24) is 5.06 Å². The van der Waals surface area contributed by atoms with Crippen LogP contribution < -0.4 is 29.6 Å². The average Bonchev–Trinajstić information content (AvgIpc) is 2.12. The molecule has 8 heteroatoms. The largest absolute Gasteiger partial charge is 1.00 e. The molecule has 0 aliphatic carbocycles. The van der Waals surface area contributed by atoms with E-state index >= 15 is 0 Å². The van der Waals surface area contributed by atoms with Crippen molar-refractivity contribution in [2.75, 3.05) is 13.1 Å². The van der Waals surface area contributed by atoms with Crippen LogP contribution in [0.5, 0.6) is 0 Å². The van der Waals surface area contributed by atoms with Crippen LogP contribution in [0.3, 0.4) is 0 Å². The SMILES string of the molecule is O=P(O)(O)ON1C=NCC1.[H-].[Na+]. The molecule has 0 unspecified atom stereocenters. The fourth-order valence-electron chi connectivity index (χ4n) is 0.561. The van der Waals surface area contributed by atoms with Gasteiger partial charge in [0, 0.05) is 0 Å². The molecule has 0 spiro atoms. The zero-order chi connectivity index (χ0) is 7.61. The molecule has 1 aliphatic rings. The van der Waals surface area contributed by atoms with Gasteiger partial charge in [0.25, 0.3) is 0 Å². The van der Waals surface area contributed by atoms with E-state index in [1.165, 1.54) is 6.34 Å². The quantitative estimate of drug-likeness (QED) is 0.348. The Morgan fingerprint density at radius 2 is 2.36 bits per heavy atom. The Hall–Kier alpha value is 0.580. The molecule has 0 aromatic rings. The van der Waals surface area contributed by atoms with Gasteiger partial charge in [-0.15, -0.1) is 0 Å². The summed E-state index contributed by atoms with van der Waals surface area (Å²) in [6.45, 7) is 0.908. The molecule has 1 rings (SSSR count). The minimum atomic E-state index is -4.38. The zero-order valence-electron chi connectivity index (χ0n) is 7.04. The Morgan fingerprint density at radius 1 is 1.73 bits per heavy atom. The third-order valence-electron chi connectivity index (χ3n) is 0.871. The summed E-state index contributed by atoms with van der Waals surface area (Å²) in [5, 5.41) is 1.01. The topological polar surface area (TPSA) is 82.4 Å². The molecule has 60 valence electrons. The summed E-state index contributed by atoms with van der Waals surface area (Å²) in [5.41, 5.74) is 0. The van der Waals surface area contributed by atoms with Gasteiger partial charge in [0.2, 0.25) is 0 Å². The predicted molar refractivity (Wildman–Crippen MR) is 34.3 cm³/mol. The minimum Gasteiger partial charge on any atom is -1.00 e. The van der Waals surface area contributed by atoms with Crippen LogP contribution in [0, 0.1) is 0 Å². The number of hydroxylamine groups is 2. The standard InChI is InChI=1S/C3H7N2O4P.Na.H/c6-10(7,8)9-5-2-1-4-3-5;;/h3H,1-2H2,(H2,6,7,8);;/q;+1;-1. The molecule has 1 heterocycles. The normalized spacial score (nSPS) is 16.7. The van der Waals surface area contributed by atoms with E-state index < -0.39 is 7.82 Å². The van der Waals surface area contributed by atoms with E-state index in [2.05, 4.69) is 9.62 Å². The number of phosphoric acid groups is 1. The number of hydrogen-bond acceptors (Lipinski definition) is 4. The Morgan fingerprint density at radius 3 is 2.73 bits per heavy atom. The zero-order valence-corrected chi connectivity index (χ0v) is 8.94. The van der Waals surface area contributed by atoms with Gasteiger partial charge in [-0.2, -0.15) is 4.62 Å². The van der Waals surface area contributed by atoms with Crippen LogP contribution >= 0.6 is 7.82 Å². The van der Waals surface area contributed by atoms with Gasteiger partial charge in [0.05, 0.1) is 13.1 Å². The second-order valence-electron chi connectivity index (χ2n) is 1.73. The first-order valence-corrected chi connectivity index (χ1v) is 4.13. The van der Waals surface area contributed by atoms with Gasteiger partial charge in [-0.25, -0.2) is 9.63 Å². The molecule has 1 aliphatic heterocycles. The maximum absolute atomic E-state index is 10.2. The third kappa shape index (κ3) is 4.92. The van der Waals surface area contributed by atoms with Crippen molar-refractivity contribution in [1.29, 1.82) is 0 Å². The van der Waals surface area contributed by atoms with Gasteiger partial charge in [-0.1, -0.05) is 0 Å². The van der Waals surface area contributed by atoms with Crippen LogP contribution in [0.4, 0.5) is 0 Å². The van der Waals surface area contributed by atoms with Crippen molar-refractivity contribution in [2.45, 2.75) is 0 Å². The van der Waals surface area contributed by atoms with Gasteiger partial charge in [-0.05, 0) is 0 Å². The molecule has 0 saturated carbocycles. The summed E-state index contributed by atoms with van der Waals surface area (Å²) in [6.07, 6.45) is 1.25. The molecular weight excluding hydrogens is 182 g/mol. The van der Waals surface area contributed by atoms with Gasteiger partial charge in [0.15, 0.2) is 0 Å². The molecular formula is C3H8N2NaO4P. The van der Waals surface area contributed by atoms with Crippen LogP contribution in [-0.4, -0.2) is 34.3 Å². The van der Waals surface area contributed by atoms with Gasteiger partial charge in [0.1, 0.15) is 6.34 Å². The molecule has 6 nitrogen and oxygen atoms in total. The summed E-state index contributed by atoms with van der Waals surface area (Å²) >= 11 is 0. The van der Waals surface area contributed by atoms with Crippen LogP contribution in [0.15, 0.2) is 4.99 Å². The summed E-state index contributed by atoms with van der Waals surface area (Å²) in [7, 11) is -4.38. The van der Waals surface area contributed by atoms with Gasteiger partial charge < -0.3 is 11.2 Å². The molecule has 11 heavy (non-hydrogen) atoms. The van der Waals surface area contributed by atoms with Crippen molar-refractivity contribution in [3.05, 3.63) is 0 Å². The first-order chi connectivity index (χ1) is 4.58. The fourth-order valence-corrected chi connectivity index (χ4v) is 0.958. The Bertz CT molecular complexity index is 197. The molecule has 0 aromatic carbocycles. The smallest absolute Gasteiger partial charge is 1.00 e. The summed E-state index contributed by atoms with van der Waals surface area (Å²) in [5.74, 6) is 0. The van der Waals surface area contributed by atoms with Crippen molar-refractivity contribution < 1.29 is 50.0 Å². The van der Waals surface area contributed by atoms with Gasteiger partial charge in [-0.3, -0.25) is 4.99 Å². The van der Waals surface area contributed by atoms with Crippen molar-refractivity contribution >= 4 is 14.2 Å². The third-order valence-corrected chi connectivity index (χ3v) is 1.29. The van der Waals surface area contributed by atoms with Crippen molar-refractivity contribution in [3.8, 4) is 0 Å².